The highest BCUT2D eigenvalue weighted by molar-refractivity contribution is 5.76. The highest BCUT2D eigenvalue weighted by Crippen LogP contribution is 2.22. The van der Waals surface area contributed by atoms with Crippen LogP contribution in [0.1, 0.15) is 158 Å². The van der Waals surface area contributed by atoms with Gasteiger partial charge in [0, 0.05) is 103 Å². The molecule has 4 aliphatic heterocycles. The molecule has 0 aromatic rings. The van der Waals surface area contributed by atoms with Crippen molar-refractivity contribution in [1.82, 2.24) is 30.2 Å². The lowest BCUT2D eigenvalue weighted by molar-refractivity contribution is -0.122. The molecule has 66 heavy (non-hydrogen) atoms. The molecule has 0 radical (unpaired) electrons. The Bertz CT molecular complexity index is 1100. The maximum Gasteiger partial charge on any atom is 0.221 e. The first kappa shape index (κ1) is 62.6. The van der Waals surface area contributed by atoms with E-state index in [9.17, 15) is 9.59 Å². The van der Waals surface area contributed by atoms with Crippen molar-refractivity contribution < 1.29 is 38.0 Å². The molecule has 4 heterocycles. The molecule has 14 heteroatoms. The van der Waals surface area contributed by atoms with E-state index in [4.69, 9.17) is 28.4 Å². The summed E-state index contributed by atoms with van der Waals surface area (Å²) in [4.78, 5) is 33.2. The quantitative estimate of drug-likeness (QED) is 0.0625. The molecule has 4 aliphatic rings. The molecule has 4 fully saturated rings. The number of carbonyl (C=O) groups excluding carboxylic acids is 2. The maximum absolute atomic E-state index is 11.6. The molecule has 0 aromatic heterocycles. The maximum atomic E-state index is 11.6. The van der Waals surface area contributed by atoms with Crippen LogP contribution in [0, 0.1) is 0 Å². The van der Waals surface area contributed by atoms with Crippen molar-refractivity contribution in [3.8, 4) is 0 Å². The zero-order valence-corrected chi connectivity index (χ0v) is 44.2. The molecule has 0 spiro atoms. The monoisotopic (exact) mass is 943 g/mol. The highest BCUT2D eigenvalue weighted by atomic mass is 16.5. The number of hydrogen-bond donors (Lipinski definition) is 2. The molecule has 0 unspecified atom stereocenters. The van der Waals surface area contributed by atoms with Gasteiger partial charge in [0.1, 0.15) is 0 Å². The Kier molecular flexibility index (Phi) is 42.4. The van der Waals surface area contributed by atoms with Crippen molar-refractivity contribution in [2.75, 3.05) is 145 Å². The minimum atomic E-state index is 0.145. The van der Waals surface area contributed by atoms with E-state index in [0.29, 0.717) is 57.8 Å². The summed E-state index contributed by atoms with van der Waals surface area (Å²) in [5, 5.41) is 5.79. The smallest absolute Gasteiger partial charge is 0.221 e. The third-order valence-corrected chi connectivity index (χ3v) is 13.2. The van der Waals surface area contributed by atoms with Gasteiger partial charge in [0.15, 0.2) is 0 Å². The van der Waals surface area contributed by atoms with Crippen LogP contribution in [0.25, 0.3) is 0 Å². The molecule has 0 aromatic carbocycles. The van der Waals surface area contributed by atoms with Crippen LogP contribution >= 0.6 is 0 Å². The Hall–Kier alpha value is -1.46. The van der Waals surface area contributed by atoms with E-state index in [1.807, 2.05) is 13.8 Å². The van der Waals surface area contributed by atoms with Crippen molar-refractivity contribution >= 4 is 11.8 Å². The number of nitrogens with one attached hydrogen (secondary N) is 2. The van der Waals surface area contributed by atoms with Crippen molar-refractivity contribution in [3.63, 3.8) is 0 Å². The number of likely N-dealkylation sites (tertiary alicyclic amines) is 4. The molecule has 4 atom stereocenters. The molecule has 4 saturated heterocycles. The first-order valence-corrected chi connectivity index (χ1v) is 27.3. The average Bonchev–Trinajstić information content (AvgIpc) is 4.18. The third-order valence-electron chi connectivity index (χ3n) is 13.2. The standard InChI is InChI=1S/C14H28N2O2.C13H26N2O2.C13H27NO2.C12H25NO2/c1-3-11-18-12-8-15-14(17)7-10-16-9-5-6-13(16)4-2;1-3-12-6-5-9-15(12)10-7-13(16)14-8-11-17-4-2;1-3-9-15-11-12-16-10-8-14-7-5-6-13(14)4-2;1-3-12-6-5-7-13(12)8-9-15-11-10-14-4-2/h13H,3-12H2,1-2H3,(H,15,17);12H,3-11H2,1-2H3,(H,14,16);13H,3-12H2,1-2H3;12H,3-11H2,1-2H3/t13-;12-;13-;12-/m1111/s1. The Morgan fingerprint density at radius 1 is 0.394 bits per heavy atom. The number of nitrogens with zero attached hydrogens (tertiary/aromatic N) is 4. The SMILES string of the molecule is CCCOCCNC(=O)CCN1CCC[C@H]1CC.CCCOCCOCCN1CCC[C@H]1CC.CCOCCNC(=O)CCN1CCC[C@H]1CC.CCOCCOCCN1CCC[C@H]1CC. The number of ether oxygens (including phenoxy) is 6. The molecule has 0 bridgehead atoms. The minimum absolute atomic E-state index is 0.145. The van der Waals surface area contributed by atoms with Gasteiger partial charge >= 0.3 is 0 Å². The lowest BCUT2D eigenvalue weighted by Gasteiger charge is -2.22. The first-order chi connectivity index (χ1) is 32.3. The molecular weight excluding hydrogens is 837 g/mol. The Morgan fingerprint density at radius 3 is 1.05 bits per heavy atom. The molecule has 14 nitrogen and oxygen atoms in total. The zero-order chi connectivity index (χ0) is 48.3. The van der Waals surface area contributed by atoms with Gasteiger partial charge < -0.3 is 39.1 Å². The van der Waals surface area contributed by atoms with E-state index in [0.717, 1.165) is 124 Å². The van der Waals surface area contributed by atoms with E-state index < -0.39 is 0 Å². The number of rotatable bonds is 34. The first-order valence-electron chi connectivity index (χ1n) is 27.3. The second-order valence-corrected chi connectivity index (χ2v) is 18.0. The fourth-order valence-electron chi connectivity index (χ4n) is 9.38. The van der Waals surface area contributed by atoms with Crippen LogP contribution < -0.4 is 10.6 Å². The molecule has 2 N–H and O–H groups in total. The van der Waals surface area contributed by atoms with Crippen LogP contribution in [0.4, 0.5) is 0 Å². The normalized spacial score (nSPS) is 21.2. The van der Waals surface area contributed by atoms with Crippen molar-refractivity contribution in [2.24, 2.45) is 0 Å². The van der Waals surface area contributed by atoms with Crippen LogP contribution in [0.15, 0.2) is 0 Å². The summed E-state index contributed by atoms with van der Waals surface area (Å²) in [6.07, 6.45) is 18.9. The second kappa shape index (κ2) is 44.7. The lowest BCUT2D eigenvalue weighted by Crippen LogP contribution is -2.34. The minimum Gasteiger partial charge on any atom is -0.380 e. The van der Waals surface area contributed by atoms with Crippen molar-refractivity contribution in [3.05, 3.63) is 0 Å². The van der Waals surface area contributed by atoms with E-state index in [-0.39, 0.29) is 11.8 Å². The van der Waals surface area contributed by atoms with E-state index in [1.54, 1.807) is 0 Å². The predicted molar refractivity (Wildman–Crippen MR) is 272 cm³/mol. The summed E-state index contributed by atoms with van der Waals surface area (Å²) in [6.45, 7) is 36.3. The summed E-state index contributed by atoms with van der Waals surface area (Å²) >= 11 is 0. The lowest BCUT2D eigenvalue weighted by atomic mass is 10.1. The molecule has 0 aliphatic carbocycles. The topological polar surface area (TPSA) is 127 Å². The predicted octanol–water partition coefficient (Wildman–Crippen LogP) is 7.42. The summed E-state index contributed by atoms with van der Waals surface area (Å²) in [6, 6.07) is 3.01. The fraction of sp³-hybridized carbons (Fsp3) is 0.962. The van der Waals surface area contributed by atoms with Gasteiger partial charge in [0.25, 0.3) is 0 Å². The van der Waals surface area contributed by atoms with Gasteiger partial charge in [-0.25, -0.2) is 0 Å². The van der Waals surface area contributed by atoms with Gasteiger partial charge in [-0.15, -0.1) is 0 Å². The summed E-state index contributed by atoms with van der Waals surface area (Å²) in [5.41, 5.74) is 0. The van der Waals surface area contributed by atoms with Crippen LogP contribution in [0.2, 0.25) is 0 Å². The molecule has 0 saturated carbocycles. The Balaban J connectivity index is 0.000000441. The summed E-state index contributed by atoms with van der Waals surface area (Å²) in [7, 11) is 0. The van der Waals surface area contributed by atoms with Crippen molar-refractivity contribution in [2.45, 2.75) is 182 Å². The largest absolute Gasteiger partial charge is 0.380 e. The van der Waals surface area contributed by atoms with Crippen molar-refractivity contribution in [1.29, 1.82) is 0 Å². The van der Waals surface area contributed by atoms with Gasteiger partial charge in [0.05, 0.1) is 52.9 Å². The van der Waals surface area contributed by atoms with E-state index in [1.165, 1.54) is 90.1 Å². The van der Waals surface area contributed by atoms with Gasteiger partial charge in [-0.2, -0.15) is 0 Å². The zero-order valence-electron chi connectivity index (χ0n) is 44.2. The summed E-state index contributed by atoms with van der Waals surface area (Å²) < 4.78 is 32.2. The second-order valence-electron chi connectivity index (χ2n) is 18.0. The third kappa shape index (κ3) is 31.6. The molecule has 392 valence electrons. The van der Waals surface area contributed by atoms with Gasteiger partial charge in [0.2, 0.25) is 11.8 Å². The van der Waals surface area contributed by atoms with Crippen LogP contribution in [-0.2, 0) is 38.0 Å². The number of carbonyl (C=O) groups is 2. The molecule has 2 amide bonds. The van der Waals surface area contributed by atoms with E-state index in [2.05, 4.69) is 71.8 Å². The van der Waals surface area contributed by atoms with Crippen LogP contribution in [0.3, 0.4) is 0 Å². The Morgan fingerprint density at radius 2 is 0.697 bits per heavy atom. The van der Waals surface area contributed by atoms with Crippen LogP contribution in [-0.4, -0.2) is 200 Å². The fourth-order valence-corrected chi connectivity index (χ4v) is 9.38. The van der Waals surface area contributed by atoms with Gasteiger partial charge in [-0.05, 0) is 130 Å². The Labute approximate surface area is 405 Å². The molecule has 4 rings (SSSR count). The highest BCUT2D eigenvalue weighted by Gasteiger charge is 2.25. The number of amides is 2. The van der Waals surface area contributed by atoms with E-state index >= 15 is 0 Å². The molecular formula is C52H106N6O8. The van der Waals surface area contributed by atoms with Crippen LogP contribution in [0.5, 0.6) is 0 Å². The number of hydrogen-bond acceptors (Lipinski definition) is 12. The summed E-state index contributed by atoms with van der Waals surface area (Å²) in [5.74, 6) is 0.295. The van der Waals surface area contributed by atoms with Gasteiger partial charge in [-0.1, -0.05) is 41.5 Å². The van der Waals surface area contributed by atoms with Gasteiger partial charge in [-0.3, -0.25) is 29.2 Å². The average molecular weight is 943 g/mol.